The number of nitrogens with one attached hydrogen (secondary N) is 4. The van der Waals surface area contributed by atoms with E-state index in [4.69, 9.17) is 0 Å². The predicted octanol–water partition coefficient (Wildman–Crippen LogP) is 2.90. The van der Waals surface area contributed by atoms with E-state index >= 15 is 0 Å². The van der Waals surface area contributed by atoms with Crippen molar-refractivity contribution in [1.29, 1.82) is 0 Å². The summed E-state index contributed by atoms with van der Waals surface area (Å²) in [6.45, 7) is -1.37. The van der Waals surface area contributed by atoms with Crippen LogP contribution in [0.2, 0.25) is 0 Å². The minimum absolute atomic E-state index is 0.116. The minimum Gasteiger partial charge on any atom is -0.433 e. The molecule has 1 atom stereocenters. The van der Waals surface area contributed by atoms with Crippen molar-refractivity contribution in [3.05, 3.63) is 52.9 Å². The highest BCUT2D eigenvalue weighted by Crippen LogP contribution is 2.25. The fourth-order valence-electron chi connectivity index (χ4n) is 2.45. The van der Waals surface area contributed by atoms with Crippen LogP contribution < -0.4 is 21.1 Å². The largest absolute Gasteiger partial charge is 0.433 e. The maximum Gasteiger partial charge on any atom is 0.387 e. The summed E-state index contributed by atoms with van der Waals surface area (Å²) in [5, 5.41) is 5.54. The van der Waals surface area contributed by atoms with Gasteiger partial charge in [0.1, 0.15) is 11.8 Å². The van der Waals surface area contributed by atoms with Crippen LogP contribution in [-0.2, 0) is 4.79 Å². The number of anilines is 2. The van der Waals surface area contributed by atoms with Gasteiger partial charge in [0.05, 0.1) is 16.7 Å². The molecule has 1 amide bonds. The Bertz CT molecular complexity index is 983. The maximum absolute atomic E-state index is 12.4. The molecule has 4 N–H and O–H groups in total. The van der Waals surface area contributed by atoms with Gasteiger partial charge in [-0.15, -0.1) is 0 Å². The van der Waals surface area contributed by atoms with Crippen molar-refractivity contribution in [2.45, 2.75) is 19.6 Å². The third-order valence-corrected chi connectivity index (χ3v) is 3.65. The summed E-state index contributed by atoms with van der Waals surface area (Å²) >= 11 is 0. The molecule has 0 bridgehead atoms. The molecule has 0 aliphatic rings. The molecule has 0 aliphatic heterocycles. The van der Waals surface area contributed by atoms with Gasteiger partial charge in [-0.2, -0.15) is 8.78 Å². The number of hydrogen-bond donors (Lipinski definition) is 4. The third kappa shape index (κ3) is 4.00. The van der Waals surface area contributed by atoms with Gasteiger partial charge in [-0.1, -0.05) is 12.1 Å². The van der Waals surface area contributed by atoms with Crippen LogP contribution in [0.15, 0.2) is 47.3 Å². The molecule has 26 heavy (non-hydrogen) atoms. The molecule has 3 aromatic rings. The first-order valence-electron chi connectivity index (χ1n) is 7.75. The molecule has 0 saturated carbocycles. The number of aromatic amines is 2. The van der Waals surface area contributed by atoms with Gasteiger partial charge < -0.3 is 25.3 Å². The lowest BCUT2D eigenvalue weighted by Gasteiger charge is -2.17. The Labute approximate surface area is 146 Å². The molecule has 7 nitrogen and oxygen atoms in total. The summed E-state index contributed by atoms with van der Waals surface area (Å²) in [6.07, 6.45) is 0. The van der Waals surface area contributed by atoms with Crippen molar-refractivity contribution < 1.29 is 18.3 Å². The van der Waals surface area contributed by atoms with Crippen molar-refractivity contribution in [2.24, 2.45) is 0 Å². The Morgan fingerprint density at radius 3 is 2.62 bits per heavy atom. The Hall–Kier alpha value is -3.36. The Morgan fingerprint density at radius 2 is 1.85 bits per heavy atom. The summed E-state index contributed by atoms with van der Waals surface area (Å²) in [7, 11) is 0. The molecule has 9 heteroatoms. The number of H-pyrrole nitrogens is 2. The molecule has 0 unspecified atom stereocenters. The first kappa shape index (κ1) is 17.5. The van der Waals surface area contributed by atoms with E-state index in [1.165, 1.54) is 18.2 Å². The fraction of sp³-hybridized carbons (Fsp3) is 0.176. The number of alkyl halides is 2. The second-order valence-electron chi connectivity index (χ2n) is 5.57. The van der Waals surface area contributed by atoms with Gasteiger partial charge in [0, 0.05) is 5.69 Å². The first-order valence-corrected chi connectivity index (χ1v) is 7.75. The summed E-state index contributed by atoms with van der Waals surface area (Å²) in [4.78, 5) is 28.9. The molecule has 0 aliphatic carbocycles. The van der Waals surface area contributed by atoms with Crippen LogP contribution in [0.5, 0.6) is 5.75 Å². The summed E-state index contributed by atoms with van der Waals surface area (Å²) in [6, 6.07) is 10.4. The minimum atomic E-state index is -2.99. The van der Waals surface area contributed by atoms with E-state index in [2.05, 4.69) is 25.3 Å². The average molecular weight is 362 g/mol. The monoisotopic (exact) mass is 362 g/mol. The van der Waals surface area contributed by atoms with Crippen LogP contribution in [0.4, 0.5) is 20.2 Å². The number of halogens is 2. The molecule has 0 fully saturated rings. The van der Waals surface area contributed by atoms with Crippen LogP contribution >= 0.6 is 0 Å². The number of para-hydroxylation sites is 2. The number of carbonyl (C=O) groups is 1. The first-order chi connectivity index (χ1) is 12.4. The van der Waals surface area contributed by atoms with E-state index in [1.54, 1.807) is 31.2 Å². The highest BCUT2D eigenvalue weighted by atomic mass is 19.3. The second-order valence-corrected chi connectivity index (χ2v) is 5.57. The van der Waals surface area contributed by atoms with Crippen LogP contribution in [0, 0.1) is 0 Å². The lowest BCUT2D eigenvalue weighted by Crippen LogP contribution is -2.32. The number of rotatable bonds is 6. The zero-order chi connectivity index (χ0) is 18.7. The lowest BCUT2D eigenvalue weighted by atomic mass is 10.2. The van der Waals surface area contributed by atoms with E-state index in [9.17, 15) is 18.4 Å². The fourth-order valence-corrected chi connectivity index (χ4v) is 2.45. The number of carbonyl (C=O) groups excluding carboxylic acids is 1. The van der Waals surface area contributed by atoms with Gasteiger partial charge in [-0.3, -0.25) is 4.79 Å². The van der Waals surface area contributed by atoms with Gasteiger partial charge in [0.25, 0.3) is 0 Å². The third-order valence-electron chi connectivity index (χ3n) is 3.65. The van der Waals surface area contributed by atoms with Crippen LogP contribution in [0.1, 0.15) is 6.92 Å². The van der Waals surface area contributed by atoms with E-state index in [1.807, 2.05) is 0 Å². The summed E-state index contributed by atoms with van der Waals surface area (Å²) < 4.78 is 29.3. The molecule has 1 heterocycles. The topological polar surface area (TPSA) is 99.0 Å². The number of fused-ring (bicyclic) bond motifs is 1. The van der Waals surface area contributed by atoms with Gasteiger partial charge in [-0.25, -0.2) is 4.79 Å². The molecule has 3 rings (SSSR count). The van der Waals surface area contributed by atoms with Crippen LogP contribution in [-0.4, -0.2) is 28.5 Å². The van der Waals surface area contributed by atoms with Crippen molar-refractivity contribution in [3.63, 3.8) is 0 Å². The summed E-state index contributed by atoms with van der Waals surface area (Å²) in [5.41, 5.74) is 1.70. The zero-order valence-electron chi connectivity index (χ0n) is 13.7. The number of benzene rings is 2. The normalized spacial score (nSPS) is 12.2. The molecular weight excluding hydrogens is 346 g/mol. The van der Waals surface area contributed by atoms with Crippen LogP contribution in [0.3, 0.4) is 0 Å². The van der Waals surface area contributed by atoms with E-state index < -0.39 is 18.6 Å². The Kier molecular flexibility index (Phi) is 4.87. The second kappa shape index (κ2) is 7.26. The van der Waals surface area contributed by atoms with Crippen molar-refractivity contribution in [3.8, 4) is 5.75 Å². The number of imidazole rings is 1. The molecule has 2 aromatic carbocycles. The smallest absolute Gasteiger partial charge is 0.387 e. The standard InChI is InChI=1S/C17H16F2N4O3/c1-9(20-10-6-7-11-13(8-10)23-17(25)22-11)15(24)21-12-4-2-3-5-14(12)26-16(18)19/h2-9,16,20H,1H3,(H,21,24)(H2,22,23,25)/t9-/m0/s1. The quantitative estimate of drug-likeness (QED) is 0.542. The Morgan fingerprint density at radius 1 is 1.12 bits per heavy atom. The maximum atomic E-state index is 12.4. The number of hydrogen-bond acceptors (Lipinski definition) is 4. The molecule has 1 aromatic heterocycles. The zero-order valence-corrected chi connectivity index (χ0v) is 13.7. The highest BCUT2D eigenvalue weighted by molar-refractivity contribution is 5.97. The summed E-state index contributed by atoms with van der Waals surface area (Å²) in [5.74, 6) is -0.549. The van der Waals surface area contributed by atoms with Gasteiger partial charge >= 0.3 is 12.3 Å². The molecular formula is C17H16F2N4O3. The SMILES string of the molecule is C[C@H](Nc1ccc2[nH]c(=O)[nH]c2c1)C(=O)Nc1ccccc1OC(F)F. The average Bonchev–Trinajstić information content (AvgIpc) is 2.95. The van der Waals surface area contributed by atoms with E-state index in [0.717, 1.165) is 0 Å². The van der Waals surface area contributed by atoms with Crippen LogP contribution in [0.25, 0.3) is 11.0 Å². The molecule has 136 valence electrons. The Balaban J connectivity index is 1.70. The number of amides is 1. The van der Waals surface area contributed by atoms with Crippen molar-refractivity contribution in [1.82, 2.24) is 9.97 Å². The van der Waals surface area contributed by atoms with Gasteiger partial charge in [0.2, 0.25) is 5.91 Å². The van der Waals surface area contributed by atoms with Crippen molar-refractivity contribution >= 4 is 28.3 Å². The van der Waals surface area contributed by atoms with Crippen molar-refractivity contribution in [2.75, 3.05) is 10.6 Å². The number of ether oxygens (including phenoxy) is 1. The number of aromatic nitrogens is 2. The molecule has 0 saturated heterocycles. The lowest BCUT2D eigenvalue weighted by molar-refractivity contribution is -0.116. The van der Waals surface area contributed by atoms with Gasteiger partial charge in [-0.05, 0) is 37.3 Å². The van der Waals surface area contributed by atoms with E-state index in [-0.39, 0.29) is 17.1 Å². The van der Waals surface area contributed by atoms with E-state index in [0.29, 0.717) is 16.7 Å². The van der Waals surface area contributed by atoms with Gasteiger partial charge in [0.15, 0.2) is 0 Å². The molecule has 0 radical (unpaired) electrons. The highest BCUT2D eigenvalue weighted by Gasteiger charge is 2.16. The molecule has 0 spiro atoms. The predicted molar refractivity (Wildman–Crippen MR) is 93.7 cm³/mol.